The molecule has 0 saturated carbocycles. The second-order valence-electron chi connectivity index (χ2n) is 4.02. The predicted octanol–water partition coefficient (Wildman–Crippen LogP) is 1.31. The quantitative estimate of drug-likeness (QED) is 0.718. The third kappa shape index (κ3) is 2.13. The summed E-state index contributed by atoms with van der Waals surface area (Å²) in [6.07, 6.45) is 0. The van der Waals surface area contributed by atoms with Gasteiger partial charge in [0.05, 0.1) is 11.1 Å². The molecule has 94 valence electrons. The average Bonchev–Trinajstić information content (AvgIpc) is 2.90. The average molecular weight is 254 g/mol. The number of H-pyrrole nitrogens is 1. The van der Waals surface area contributed by atoms with Crippen molar-refractivity contribution in [3.8, 4) is 0 Å². The van der Waals surface area contributed by atoms with E-state index < -0.39 is 0 Å². The van der Waals surface area contributed by atoms with Crippen LogP contribution in [-0.2, 0) is 0 Å². The standard InChI is InChI=1S/C12H10N6O/c1-7-6-9(8-4-2-3-5-10(8)13-7)11(19)14-12-15-17-18-16-12/h2-6H,1H3,(H2,14,15,16,17,18,19). The van der Waals surface area contributed by atoms with Crippen LogP contribution in [0.1, 0.15) is 16.1 Å². The lowest BCUT2D eigenvalue weighted by molar-refractivity contribution is 0.102. The van der Waals surface area contributed by atoms with Crippen molar-refractivity contribution in [1.29, 1.82) is 0 Å². The minimum absolute atomic E-state index is 0.142. The molecule has 0 spiro atoms. The minimum Gasteiger partial charge on any atom is -0.288 e. The number of amides is 1. The number of para-hydroxylation sites is 1. The molecule has 0 aliphatic carbocycles. The molecule has 0 bridgehead atoms. The summed E-state index contributed by atoms with van der Waals surface area (Å²) in [4.78, 5) is 16.6. The van der Waals surface area contributed by atoms with Gasteiger partial charge in [0.15, 0.2) is 0 Å². The van der Waals surface area contributed by atoms with E-state index in [1.165, 1.54) is 0 Å². The lowest BCUT2D eigenvalue weighted by Crippen LogP contribution is -2.14. The van der Waals surface area contributed by atoms with Gasteiger partial charge in [0, 0.05) is 11.1 Å². The zero-order valence-corrected chi connectivity index (χ0v) is 10.1. The molecule has 0 saturated heterocycles. The molecule has 2 N–H and O–H groups in total. The van der Waals surface area contributed by atoms with Gasteiger partial charge in [-0.1, -0.05) is 23.3 Å². The summed E-state index contributed by atoms with van der Waals surface area (Å²) in [6.45, 7) is 1.84. The smallest absolute Gasteiger partial charge is 0.270 e. The number of nitrogens with zero attached hydrogens (tertiary/aromatic N) is 4. The van der Waals surface area contributed by atoms with Crippen LogP contribution in [0.4, 0.5) is 5.95 Å². The monoisotopic (exact) mass is 254 g/mol. The van der Waals surface area contributed by atoms with E-state index in [1.807, 2.05) is 31.2 Å². The van der Waals surface area contributed by atoms with Crippen molar-refractivity contribution in [2.45, 2.75) is 6.92 Å². The lowest BCUT2D eigenvalue weighted by Gasteiger charge is -2.06. The second-order valence-corrected chi connectivity index (χ2v) is 4.02. The fourth-order valence-corrected chi connectivity index (χ4v) is 1.88. The van der Waals surface area contributed by atoms with Crippen molar-refractivity contribution in [2.24, 2.45) is 0 Å². The Morgan fingerprint density at radius 1 is 1.32 bits per heavy atom. The molecule has 2 heterocycles. The number of carbonyl (C=O) groups is 1. The maximum Gasteiger partial charge on any atom is 0.270 e. The molecule has 0 radical (unpaired) electrons. The van der Waals surface area contributed by atoms with Crippen LogP contribution in [0, 0.1) is 6.92 Å². The molecule has 7 nitrogen and oxygen atoms in total. The summed E-state index contributed by atoms with van der Waals surface area (Å²) in [6, 6.07) is 9.21. The van der Waals surface area contributed by atoms with Gasteiger partial charge in [0.1, 0.15) is 0 Å². The van der Waals surface area contributed by atoms with Crippen LogP contribution < -0.4 is 5.32 Å². The van der Waals surface area contributed by atoms with Crippen molar-refractivity contribution in [3.63, 3.8) is 0 Å². The van der Waals surface area contributed by atoms with Crippen molar-refractivity contribution in [2.75, 3.05) is 5.32 Å². The molecular formula is C12H10N6O. The molecule has 7 heteroatoms. The summed E-state index contributed by atoms with van der Waals surface area (Å²) in [5.74, 6) is -0.147. The molecular weight excluding hydrogens is 244 g/mol. The molecule has 0 unspecified atom stereocenters. The summed E-state index contributed by atoms with van der Waals surface area (Å²) >= 11 is 0. The third-order valence-corrected chi connectivity index (χ3v) is 2.66. The van der Waals surface area contributed by atoms with Gasteiger partial charge in [0.2, 0.25) is 0 Å². The van der Waals surface area contributed by atoms with E-state index in [1.54, 1.807) is 6.07 Å². The molecule has 1 amide bonds. The van der Waals surface area contributed by atoms with Crippen molar-refractivity contribution in [1.82, 2.24) is 25.6 Å². The van der Waals surface area contributed by atoms with Gasteiger partial charge in [-0.05, 0) is 24.3 Å². The number of hydrogen-bond donors (Lipinski definition) is 2. The van der Waals surface area contributed by atoms with Crippen molar-refractivity contribution in [3.05, 3.63) is 41.6 Å². The van der Waals surface area contributed by atoms with Gasteiger partial charge in [0.25, 0.3) is 11.9 Å². The first-order valence-corrected chi connectivity index (χ1v) is 5.65. The highest BCUT2D eigenvalue weighted by atomic mass is 16.1. The summed E-state index contributed by atoms with van der Waals surface area (Å²) < 4.78 is 0. The molecule has 2 aromatic heterocycles. The summed E-state index contributed by atoms with van der Waals surface area (Å²) in [5.41, 5.74) is 2.09. The lowest BCUT2D eigenvalue weighted by atomic mass is 10.1. The number of pyridine rings is 1. The molecule has 1 aromatic carbocycles. The number of carbonyl (C=O) groups excluding carboxylic acids is 1. The van der Waals surface area contributed by atoms with Crippen LogP contribution in [0.25, 0.3) is 10.9 Å². The Morgan fingerprint density at radius 2 is 2.16 bits per heavy atom. The Kier molecular flexibility index (Phi) is 2.64. The number of aryl methyl sites for hydroxylation is 1. The zero-order chi connectivity index (χ0) is 13.2. The highest BCUT2D eigenvalue weighted by Crippen LogP contribution is 2.18. The topological polar surface area (TPSA) is 96.5 Å². The highest BCUT2D eigenvalue weighted by molar-refractivity contribution is 6.11. The largest absolute Gasteiger partial charge is 0.288 e. The van der Waals surface area contributed by atoms with Crippen LogP contribution in [0.3, 0.4) is 0 Å². The van der Waals surface area contributed by atoms with E-state index in [4.69, 9.17) is 0 Å². The van der Waals surface area contributed by atoms with Gasteiger partial charge in [-0.25, -0.2) is 0 Å². The first kappa shape index (κ1) is 11.3. The normalized spacial score (nSPS) is 10.6. The predicted molar refractivity (Wildman–Crippen MR) is 68.6 cm³/mol. The van der Waals surface area contributed by atoms with E-state index in [-0.39, 0.29) is 11.9 Å². The first-order chi connectivity index (χ1) is 9.24. The number of aromatic nitrogens is 5. The highest BCUT2D eigenvalue weighted by Gasteiger charge is 2.13. The van der Waals surface area contributed by atoms with E-state index in [0.29, 0.717) is 5.56 Å². The van der Waals surface area contributed by atoms with E-state index in [0.717, 1.165) is 16.6 Å². The minimum atomic E-state index is -0.289. The number of nitrogens with one attached hydrogen (secondary N) is 2. The van der Waals surface area contributed by atoms with E-state index in [9.17, 15) is 4.79 Å². The van der Waals surface area contributed by atoms with Crippen molar-refractivity contribution < 1.29 is 4.79 Å². The maximum atomic E-state index is 12.2. The number of tetrazole rings is 1. The zero-order valence-electron chi connectivity index (χ0n) is 10.1. The van der Waals surface area contributed by atoms with Crippen LogP contribution in [-0.4, -0.2) is 31.5 Å². The van der Waals surface area contributed by atoms with Gasteiger partial charge >= 0.3 is 0 Å². The Morgan fingerprint density at radius 3 is 2.95 bits per heavy atom. The van der Waals surface area contributed by atoms with Crippen LogP contribution >= 0.6 is 0 Å². The SMILES string of the molecule is Cc1cc(C(=O)Nc2nn[nH]n2)c2ccccc2n1. The molecule has 0 fully saturated rings. The Balaban J connectivity index is 2.06. The second kappa shape index (κ2) is 4.45. The number of hydrogen-bond acceptors (Lipinski definition) is 5. The Hall–Kier alpha value is -2.83. The Labute approximate surface area is 108 Å². The molecule has 3 aromatic rings. The summed E-state index contributed by atoms with van der Waals surface area (Å²) in [7, 11) is 0. The van der Waals surface area contributed by atoms with Gasteiger partial charge in [-0.15, -0.1) is 5.10 Å². The van der Waals surface area contributed by atoms with Crippen LogP contribution in [0.5, 0.6) is 0 Å². The molecule has 19 heavy (non-hydrogen) atoms. The first-order valence-electron chi connectivity index (χ1n) is 5.65. The van der Waals surface area contributed by atoms with E-state index >= 15 is 0 Å². The van der Waals surface area contributed by atoms with Gasteiger partial charge in [-0.3, -0.25) is 15.1 Å². The van der Waals surface area contributed by atoms with Gasteiger partial charge in [-0.2, -0.15) is 5.21 Å². The fourth-order valence-electron chi connectivity index (χ4n) is 1.88. The number of aromatic amines is 1. The van der Waals surface area contributed by atoms with E-state index in [2.05, 4.69) is 30.9 Å². The number of anilines is 1. The van der Waals surface area contributed by atoms with Gasteiger partial charge < -0.3 is 0 Å². The number of fused-ring (bicyclic) bond motifs is 1. The number of benzene rings is 1. The third-order valence-electron chi connectivity index (χ3n) is 2.66. The summed E-state index contributed by atoms with van der Waals surface area (Å²) in [5, 5.41) is 16.4. The van der Waals surface area contributed by atoms with Crippen LogP contribution in [0.15, 0.2) is 30.3 Å². The number of rotatable bonds is 2. The van der Waals surface area contributed by atoms with Crippen molar-refractivity contribution >= 4 is 22.8 Å². The molecule has 3 rings (SSSR count). The molecule has 0 aliphatic heterocycles. The Bertz CT molecular complexity index is 737. The molecule has 0 atom stereocenters. The fraction of sp³-hybridized carbons (Fsp3) is 0.0833. The molecule has 0 aliphatic rings. The maximum absolute atomic E-state index is 12.2. The van der Waals surface area contributed by atoms with Crippen LogP contribution in [0.2, 0.25) is 0 Å².